The predicted molar refractivity (Wildman–Crippen MR) is 120 cm³/mol. The van der Waals surface area contributed by atoms with Crippen molar-refractivity contribution >= 4 is 17.7 Å². The van der Waals surface area contributed by atoms with Crippen molar-refractivity contribution in [3.63, 3.8) is 0 Å². The van der Waals surface area contributed by atoms with E-state index in [0.29, 0.717) is 12.4 Å². The van der Waals surface area contributed by atoms with E-state index in [2.05, 4.69) is 0 Å². The molecule has 2 aromatic carbocycles. The van der Waals surface area contributed by atoms with Gasteiger partial charge in [-0.25, -0.2) is 4.90 Å². The molecule has 170 valence electrons. The third kappa shape index (κ3) is 5.16. The Bertz CT molecular complexity index is 976. The molecule has 1 aliphatic rings. The van der Waals surface area contributed by atoms with Gasteiger partial charge in [-0.15, -0.1) is 0 Å². The number of amides is 3. The molecule has 2 unspecified atom stereocenters. The van der Waals surface area contributed by atoms with Crippen LogP contribution in [-0.2, 0) is 16.0 Å². The van der Waals surface area contributed by atoms with Crippen LogP contribution in [0.2, 0.25) is 0 Å². The van der Waals surface area contributed by atoms with Crippen molar-refractivity contribution < 1.29 is 23.9 Å². The Kier molecular flexibility index (Phi) is 6.99. The summed E-state index contributed by atoms with van der Waals surface area (Å²) in [6.45, 7) is 8.00. The van der Waals surface area contributed by atoms with Gasteiger partial charge in [-0.1, -0.05) is 31.2 Å². The maximum absolute atomic E-state index is 13.1. The van der Waals surface area contributed by atoms with Crippen LogP contribution in [0.3, 0.4) is 0 Å². The Morgan fingerprint density at radius 2 is 1.66 bits per heavy atom. The van der Waals surface area contributed by atoms with E-state index < -0.39 is 35.5 Å². The minimum absolute atomic E-state index is 0.187. The summed E-state index contributed by atoms with van der Waals surface area (Å²) in [7, 11) is 0. The van der Waals surface area contributed by atoms with Gasteiger partial charge in [0.1, 0.15) is 5.75 Å². The average Bonchev–Trinajstić information content (AvgIpc) is 2.99. The summed E-state index contributed by atoms with van der Waals surface area (Å²) in [5.74, 6) is -1.91. The standard InChI is InChI=1S/C25H30N2O5/c1-5-13-31-17-10-8-9-16(14-17)15-20(21(26)28)24(32-25(2,3)4)27-22(29)18-11-6-7-12-19(18)23(27)30/h6-12,14,20,24H,5,13,15H2,1-4H3,(H2,26,28). The van der Waals surface area contributed by atoms with Crippen LogP contribution in [0, 0.1) is 5.92 Å². The van der Waals surface area contributed by atoms with Crippen molar-refractivity contribution in [1.82, 2.24) is 4.90 Å². The van der Waals surface area contributed by atoms with E-state index >= 15 is 0 Å². The average molecular weight is 439 g/mol. The Hall–Kier alpha value is -3.19. The van der Waals surface area contributed by atoms with Crippen molar-refractivity contribution in [1.29, 1.82) is 0 Å². The highest BCUT2D eigenvalue weighted by atomic mass is 16.5. The van der Waals surface area contributed by atoms with Gasteiger partial charge < -0.3 is 15.2 Å². The molecule has 7 nitrogen and oxygen atoms in total. The summed E-state index contributed by atoms with van der Waals surface area (Å²) in [5, 5.41) is 0. The van der Waals surface area contributed by atoms with Crippen LogP contribution in [0.5, 0.6) is 5.75 Å². The van der Waals surface area contributed by atoms with E-state index in [9.17, 15) is 14.4 Å². The Morgan fingerprint density at radius 1 is 1.03 bits per heavy atom. The summed E-state index contributed by atoms with van der Waals surface area (Å²) < 4.78 is 11.8. The zero-order chi connectivity index (χ0) is 23.5. The van der Waals surface area contributed by atoms with Gasteiger partial charge in [0.25, 0.3) is 11.8 Å². The number of primary amides is 1. The van der Waals surface area contributed by atoms with Crippen LogP contribution in [0.15, 0.2) is 48.5 Å². The van der Waals surface area contributed by atoms with Crippen molar-refractivity contribution in [3.8, 4) is 5.75 Å². The lowest BCUT2D eigenvalue weighted by atomic mass is 9.95. The number of nitrogens with zero attached hydrogens (tertiary/aromatic N) is 1. The number of rotatable bonds is 9. The third-order valence-corrected chi connectivity index (χ3v) is 5.09. The van der Waals surface area contributed by atoms with Crippen LogP contribution >= 0.6 is 0 Å². The molecule has 1 heterocycles. The van der Waals surface area contributed by atoms with E-state index in [0.717, 1.165) is 16.9 Å². The summed E-state index contributed by atoms with van der Waals surface area (Å²) in [4.78, 5) is 39.9. The number of carbonyl (C=O) groups excluding carboxylic acids is 3. The first-order chi connectivity index (χ1) is 15.1. The Labute approximate surface area is 188 Å². The molecule has 32 heavy (non-hydrogen) atoms. The van der Waals surface area contributed by atoms with Gasteiger partial charge >= 0.3 is 0 Å². The molecule has 0 aliphatic carbocycles. The van der Waals surface area contributed by atoms with Gasteiger partial charge in [-0.2, -0.15) is 0 Å². The van der Waals surface area contributed by atoms with Gasteiger partial charge in [0.15, 0.2) is 6.23 Å². The largest absolute Gasteiger partial charge is 0.494 e. The van der Waals surface area contributed by atoms with Gasteiger partial charge in [-0.3, -0.25) is 14.4 Å². The molecular formula is C25H30N2O5. The van der Waals surface area contributed by atoms with E-state index in [-0.39, 0.29) is 17.5 Å². The topological polar surface area (TPSA) is 98.9 Å². The van der Waals surface area contributed by atoms with E-state index in [1.165, 1.54) is 0 Å². The fourth-order valence-corrected chi connectivity index (χ4v) is 3.69. The SMILES string of the molecule is CCCOc1cccc(CC(C(N)=O)C(OC(C)(C)C)N2C(=O)c3ccccc3C2=O)c1. The maximum atomic E-state index is 13.1. The number of benzene rings is 2. The highest BCUT2D eigenvalue weighted by molar-refractivity contribution is 6.21. The fourth-order valence-electron chi connectivity index (χ4n) is 3.69. The van der Waals surface area contributed by atoms with Crippen molar-refractivity contribution in [2.75, 3.05) is 6.61 Å². The number of hydrogen-bond donors (Lipinski definition) is 1. The molecule has 2 atom stereocenters. The van der Waals surface area contributed by atoms with Crippen LogP contribution in [0.4, 0.5) is 0 Å². The fraction of sp³-hybridized carbons (Fsp3) is 0.400. The third-order valence-electron chi connectivity index (χ3n) is 5.09. The molecule has 1 aliphatic heterocycles. The maximum Gasteiger partial charge on any atom is 0.263 e. The Balaban J connectivity index is 1.97. The molecule has 0 saturated carbocycles. The molecule has 2 aromatic rings. The minimum Gasteiger partial charge on any atom is -0.494 e. The molecule has 0 bridgehead atoms. The molecule has 2 N–H and O–H groups in total. The molecule has 3 amide bonds. The molecule has 0 fully saturated rings. The van der Waals surface area contributed by atoms with Gasteiger partial charge in [0.2, 0.25) is 5.91 Å². The van der Waals surface area contributed by atoms with Crippen molar-refractivity contribution in [3.05, 3.63) is 65.2 Å². The molecule has 0 saturated heterocycles. The molecular weight excluding hydrogens is 408 g/mol. The summed E-state index contributed by atoms with van der Waals surface area (Å²) in [6, 6.07) is 13.9. The summed E-state index contributed by atoms with van der Waals surface area (Å²) in [5.41, 5.74) is 6.42. The van der Waals surface area contributed by atoms with Crippen LogP contribution in [0.25, 0.3) is 0 Å². The van der Waals surface area contributed by atoms with Crippen molar-refractivity contribution in [2.24, 2.45) is 11.7 Å². The lowest BCUT2D eigenvalue weighted by molar-refractivity contribution is -0.150. The first-order valence-corrected chi connectivity index (χ1v) is 10.8. The molecule has 0 radical (unpaired) electrons. The van der Waals surface area contributed by atoms with Gasteiger partial charge in [-0.05, 0) is 63.4 Å². The predicted octanol–water partition coefficient (Wildman–Crippen LogP) is 3.56. The molecule has 7 heteroatoms. The second-order valence-electron chi connectivity index (χ2n) is 8.86. The lowest BCUT2D eigenvalue weighted by Gasteiger charge is -2.36. The molecule has 0 aromatic heterocycles. The minimum atomic E-state index is -1.15. The number of fused-ring (bicyclic) bond motifs is 1. The number of carbonyl (C=O) groups is 3. The zero-order valence-corrected chi connectivity index (χ0v) is 19.0. The first kappa shape index (κ1) is 23.5. The first-order valence-electron chi connectivity index (χ1n) is 10.8. The Morgan fingerprint density at radius 3 is 2.19 bits per heavy atom. The number of nitrogens with two attached hydrogens (primary N) is 1. The second-order valence-corrected chi connectivity index (χ2v) is 8.86. The van der Waals surface area contributed by atoms with Gasteiger partial charge in [0.05, 0.1) is 29.3 Å². The smallest absolute Gasteiger partial charge is 0.263 e. The van der Waals surface area contributed by atoms with Crippen molar-refractivity contribution in [2.45, 2.75) is 52.4 Å². The molecule has 0 spiro atoms. The highest BCUT2D eigenvalue weighted by Crippen LogP contribution is 2.31. The second kappa shape index (κ2) is 9.53. The zero-order valence-electron chi connectivity index (χ0n) is 19.0. The van der Waals surface area contributed by atoms with Crippen LogP contribution < -0.4 is 10.5 Å². The van der Waals surface area contributed by atoms with Crippen LogP contribution in [-0.4, -0.2) is 41.1 Å². The van der Waals surface area contributed by atoms with E-state index in [1.807, 2.05) is 31.2 Å². The number of hydrogen-bond acceptors (Lipinski definition) is 5. The monoisotopic (exact) mass is 438 g/mol. The summed E-state index contributed by atoms with van der Waals surface area (Å²) >= 11 is 0. The normalized spacial score (nSPS) is 15.4. The van der Waals surface area contributed by atoms with Gasteiger partial charge in [0, 0.05) is 0 Å². The lowest BCUT2D eigenvalue weighted by Crippen LogP contribution is -2.53. The highest BCUT2D eigenvalue weighted by Gasteiger charge is 2.46. The quantitative estimate of drug-likeness (QED) is 0.604. The van der Waals surface area contributed by atoms with Crippen LogP contribution in [0.1, 0.15) is 60.4 Å². The number of imide groups is 1. The van der Waals surface area contributed by atoms with E-state index in [1.54, 1.807) is 45.0 Å². The summed E-state index contributed by atoms with van der Waals surface area (Å²) in [6.07, 6.45) is -0.0949. The number of ether oxygens (including phenoxy) is 2. The molecule has 3 rings (SSSR count). The van der Waals surface area contributed by atoms with E-state index in [4.69, 9.17) is 15.2 Å².